The molecule has 0 aliphatic heterocycles. The second-order valence-electron chi connectivity index (χ2n) is 15.1. The molecule has 0 spiro atoms. The molecule has 2 amide bonds. The fourth-order valence-corrected chi connectivity index (χ4v) is 9.16. The van der Waals surface area contributed by atoms with Gasteiger partial charge in [-0.1, -0.05) is 84.9 Å². The van der Waals surface area contributed by atoms with Crippen LogP contribution in [-0.2, 0) is 45.7 Å². The van der Waals surface area contributed by atoms with E-state index >= 15 is 0 Å². The number of nitrogens with one attached hydrogen (secondary N) is 2. The van der Waals surface area contributed by atoms with Gasteiger partial charge >= 0.3 is 6.03 Å². The molecular weight excluding hydrogens is 853 g/mol. The van der Waals surface area contributed by atoms with Crippen LogP contribution in [0.15, 0.2) is 122 Å². The van der Waals surface area contributed by atoms with Gasteiger partial charge in [-0.25, -0.2) is 41.5 Å². The van der Waals surface area contributed by atoms with Crippen LogP contribution in [0.5, 0.6) is 17.5 Å². The maximum absolute atomic E-state index is 12.8. The lowest BCUT2D eigenvalue weighted by Gasteiger charge is -2.18. The monoisotopic (exact) mass is 902 g/mol. The number of carbonyl (C=O) groups is 1. The van der Waals surface area contributed by atoms with Crippen LogP contribution >= 0.6 is 0 Å². The van der Waals surface area contributed by atoms with Gasteiger partial charge in [-0.05, 0) is 109 Å². The number of sulfonamides is 2. The second-order valence-corrected chi connectivity index (χ2v) is 19.0. The van der Waals surface area contributed by atoms with E-state index < -0.39 is 36.6 Å². The van der Waals surface area contributed by atoms with Gasteiger partial charge in [-0.3, -0.25) is 0 Å². The Bertz CT molecular complexity index is 2860. The summed E-state index contributed by atoms with van der Waals surface area (Å²) in [5, 5.41) is 15.2. The highest BCUT2D eigenvalue weighted by Crippen LogP contribution is 2.40. The van der Waals surface area contributed by atoms with E-state index in [-0.39, 0.29) is 0 Å². The Morgan fingerprint density at radius 2 is 1.19 bits per heavy atom. The Balaban J connectivity index is 0.000000180. The molecule has 2 aliphatic carbocycles. The van der Waals surface area contributed by atoms with E-state index in [9.17, 15) is 21.6 Å². The summed E-state index contributed by atoms with van der Waals surface area (Å²) in [7, 11) is -4.26. The molecular formula is C48H50N6O8S2. The highest BCUT2D eigenvalue weighted by Gasteiger charge is 2.27. The van der Waals surface area contributed by atoms with Crippen molar-refractivity contribution >= 4 is 31.8 Å². The lowest BCUT2D eigenvalue weighted by Crippen LogP contribution is -2.37. The average Bonchev–Trinajstić information content (AvgIpc) is 4.00. The summed E-state index contributed by atoms with van der Waals surface area (Å²) in [5.41, 5.74) is 10.0. The van der Waals surface area contributed by atoms with Crippen LogP contribution in [-0.4, -0.2) is 47.1 Å². The largest absolute Gasteiger partial charge is 0.481 e. The Kier molecular flexibility index (Phi) is 15.4. The molecule has 4 N–H and O–H groups in total. The minimum Gasteiger partial charge on any atom is -0.481 e. The van der Waals surface area contributed by atoms with Crippen LogP contribution < -0.4 is 29.4 Å². The van der Waals surface area contributed by atoms with Crippen LogP contribution in [0.25, 0.3) is 22.3 Å². The maximum Gasteiger partial charge on any atom is 0.332 e. The first kappa shape index (κ1) is 46.7. The molecule has 2 heterocycles. The normalized spacial score (nSPS) is 13.5. The number of hydrogen-bond acceptors (Lipinski definition) is 11. The molecule has 332 valence electrons. The highest BCUT2D eigenvalue weighted by molar-refractivity contribution is 7.90. The van der Waals surface area contributed by atoms with E-state index in [0.29, 0.717) is 28.8 Å². The molecule has 0 saturated carbocycles. The standard InChI is InChI=1S/C24H25N3O4S.C16H14N2O2.C8H11NO2S/c1-16(17-7-4-3-5-8-17)32(29,30)27-24(28)26-23-20-10-6-9-18(20)11-12-21(23)19-13-14-25-22(15-19)31-2;1-19-15-9-12(7-8-18-15)14-6-5-11-3-2-4-13(11)16(14)20-10-17;1-7(12(9,10)11)8-5-3-2-4-6-8/h3-5,7-8,11-16H,6,9-10H2,1-2H3,(H2,26,27,28);5-9H,2-4H2,1H3;2-7H,1H3,(H2,9,10,11). The van der Waals surface area contributed by atoms with Crippen molar-refractivity contribution in [3.8, 4) is 46.0 Å². The number of carbonyl (C=O) groups excluding carboxylic acids is 1. The average molecular weight is 903 g/mol. The van der Waals surface area contributed by atoms with E-state index in [0.717, 1.165) is 83.0 Å². The van der Waals surface area contributed by atoms with Crippen LogP contribution in [0, 0.1) is 11.5 Å². The van der Waals surface area contributed by atoms with Gasteiger partial charge in [0, 0.05) is 35.7 Å². The minimum absolute atomic E-state index is 0.456. The maximum atomic E-state index is 12.8. The van der Waals surface area contributed by atoms with E-state index in [1.807, 2.05) is 42.5 Å². The van der Waals surface area contributed by atoms with Gasteiger partial charge in [0.25, 0.3) is 6.26 Å². The number of anilines is 1. The highest BCUT2D eigenvalue weighted by atomic mass is 32.2. The minimum atomic E-state index is -3.93. The van der Waals surface area contributed by atoms with Crippen molar-refractivity contribution in [2.75, 3.05) is 19.5 Å². The van der Waals surface area contributed by atoms with Crippen LogP contribution in [0.3, 0.4) is 0 Å². The molecule has 2 aromatic heterocycles. The van der Waals surface area contributed by atoms with Gasteiger partial charge in [0.15, 0.2) is 5.75 Å². The Morgan fingerprint density at radius 1 is 0.688 bits per heavy atom. The lowest BCUT2D eigenvalue weighted by atomic mass is 9.98. The van der Waals surface area contributed by atoms with Crippen molar-refractivity contribution < 1.29 is 35.8 Å². The number of methoxy groups -OCH3 is 2. The molecule has 0 saturated heterocycles. The molecule has 2 aliphatic rings. The first-order valence-corrected chi connectivity index (χ1v) is 23.7. The van der Waals surface area contributed by atoms with Crippen LogP contribution in [0.4, 0.5) is 10.5 Å². The summed E-state index contributed by atoms with van der Waals surface area (Å²) in [6, 6.07) is 32.4. The Labute approximate surface area is 374 Å². The summed E-state index contributed by atoms with van der Waals surface area (Å²) in [5.74, 6) is 1.68. The molecule has 6 aromatic rings. The number of ether oxygens (including phenoxy) is 3. The van der Waals surface area contributed by atoms with Gasteiger partial charge in [0.05, 0.1) is 25.2 Å². The van der Waals surface area contributed by atoms with Crippen LogP contribution in [0.2, 0.25) is 0 Å². The summed E-state index contributed by atoms with van der Waals surface area (Å²) in [6.45, 7) is 3.13. The van der Waals surface area contributed by atoms with Crippen molar-refractivity contribution in [1.29, 1.82) is 5.26 Å². The predicted octanol–water partition coefficient (Wildman–Crippen LogP) is 8.60. The van der Waals surface area contributed by atoms with Crippen molar-refractivity contribution in [1.82, 2.24) is 14.7 Å². The fraction of sp³-hybridized carbons (Fsp3) is 0.250. The smallest absolute Gasteiger partial charge is 0.332 e. The number of aromatic nitrogens is 2. The Hall–Kier alpha value is -6.80. The Morgan fingerprint density at radius 3 is 1.72 bits per heavy atom. The summed E-state index contributed by atoms with van der Waals surface area (Å²) in [4.78, 5) is 21.1. The summed E-state index contributed by atoms with van der Waals surface area (Å²) >= 11 is 0. The number of amides is 2. The molecule has 2 unspecified atom stereocenters. The van der Waals surface area contributed by atoms with E-state index in [1.165, 1.54) is 5.56 Å². The van der Waals surface area contributed by atoms with E-state index in [1.54, 1.807) is 101 Å². The SMILES string of the molecule is CC(c1ccccc1)S(N)(=O)=O.COc1cc(-c2ccc3c(c2NC(=O)NS(=O)(=O)C(C)c2ccccc2)CCC3)ccn1.COc1cc(-c2ccc3c(c2OC#N)CCC3)ccn1. The number of benzene rings is 4. The number of primary sulfonamides is 1. The van der Waals surface area contributed by atoms with E-state index in [4.69, 9.17) is 24.6 Å². The lowest BCUT2D eigenvalue weighted by molar-refractivity contribution is 0.256. The fourth-order valence-electron chi connectivity index (χ4n) is 7.62. The first-order chi connectivity index (χ1) is 30.7. The number of aryl methyl sites for hydroxylation is 2. The molecule has 4 aromatic carbocycles. The predicted molar refractivity (Wildman–Crippen MR) is 247 cm³/mol. The molecule has 0 bridgehead atoms. The molecule has 0 fully saturated rings. The van der Waals surface area contributed by atoms with E-state index in [2.05, 4.69) is 32.1 Å². The number of nitriles is 1. The number of urea groups is 1. The van der Waals surface area contributed by atoms with Crippen molar-refractivity contribution in [2.24, 2.45) is 5.14 Å². The number of fused-ring (bicyclic) bond motifs is 2. The molecule has 64 heavy (non-hydrogen) atoms. The van der Waals surface area contributed by atoms with Crippen molar-refractivity contribution in [3.05, 3.63) is 155 Å². The van der Waals surface area contributed by atoms with Gasteiger partial charge in [0.2, 0.25) is 31.8 Å². The van der Waals surface area contributed by atoms with Gasteiger partial charge in [0.1, 0.15) is 5.25 Å². The topological polar surface area (TPSA) is 213 Å². The number of hydrogen-bond donors (Lipinski definition) is 3. The molecule has 0 radical (unpaired) electrons. The zero-order valence-electron chi connectivity index (χ0n) is 35.9. The van der Waals surface area contributed by atoms with Crippen molar-refractivity contribution in [3.63, 3.8) is 0 Å². The summed E-state index contributed by atoms with van der Waals surface area (Å²) in [6.07, 6.45) is 11.0. The summed E-state index contributed by atoms with van der Waals surface area (Å²) < 4.78 is 65.3. The first-order valence-electron chi connectivity index (χ1n) is 20.5. The number of nitrogens with zero attached hydrogens (tertiary/aromatic N) is 3. The van der Waals surface area contributed by atoms with Gasteiger partial charge in [-0.2, -0.15) is 0 Å². The third-order valence-corrected chi connectivity index (χ3v) is 14.1. The second kappa shape index (κ2) is 21.0. The number of nitrogens with two attached hydrogens (primary N) is 1. The zero-order valence-corrected chi connectivity index (χ0v) is 37.6. The van der Waals surface area contributed by atoms with Crippen molar-refractivity contribution in [2.45, 2.75) is 62.9 Å². The molecule has 8 rings (SSSR count). The molecule has 14 nitrogen and oxygen atoms in total. The third kappa shape index (κ3) is 11.4. The third-order valence-electron chi connectivity index (χ3n) is 11.1. The van der Waals surface area contributed by atoms with Gasteiger partial charge < -0.3 is 19.5 Å². The number of rotatable bonds is 11. The quantitative estimate of drug-likeness (QED) is 0.105. The van der Waals surface area contributed by atoms with Gasteiger partial charge in [-0.15, -0.1) is 5.26 Å². The van der Waals surface area contributed by atoms with Crippen LogP contribution in [0.1, 0.15) is 70.6 Å². The number of pyridine rings is 2. The molecule has 2 atom stereocenters. The molecule has 16 heteroatoms. The zero-order chi connectivity index (χ0) is 45.9.